The molecule has 0 spiro atoms. The van der Waals surface area contributed by atoms with E-state index in [2.05, 4.69) is 21.2 Å². The van der Waals surface area contributed by atoms with Crippen LogP contribution in [0.5, 0.6) is 0 Å². The van der Waals surface area contributed by atoms with Crippen molar-refractivity contribution in [2.45, 2.75) is 37.8 Å². The fourth-order valence-corrected chi connectivity index (χ4v) is 6.37. The van der Waals surface area contributed by atoms with Crippen molar-refractivity contribution in [2.75, 3.05) is 17.4 Å². The third-order valence-electron chi connectivity index (χ3n) is 6.95. The maximum atomic E-state index is 14.4. The third-order valence-corrected chi connectivity index (χ3v) is 9.27. The Balaban J connectivity index is 1.79. The Bertz CT molecular complexity index is 1600. The number of sulfonamides is 1. The topological polar surface area (TPSA) is 86.8 Å². The lowest BCUT2D eigenvalue weighted by atomic mass is 10.0. The zero-order chi connectivity index (χ0) is 30.1. The highest BCUT2D eigenvalue weighted by molar-refractivity contribution is 9.10. The molecule has 0 heterocycles. The molecule has 0 bridgehead atoms. The summed E-state index contributed by atoms with van der Waals surface area (Å²) >= 11 is 3.40. The quantitative estimate of drug-likeness (QED) is 0.213. The van der Waals surface area contributed by atoms with Crippen molar-refractivity contribution >= 4 is 43.5 Å². The molecule has 0 aliphatic carbocycles. The van der Waals surface area contributed by atoms with Gasteiger partial charge < -0.3 is 10.2 Å². The van der Waals surface area contributed by atoms with Crippen LogP contribution in [0, 0.1) is 6.92 Å². The molecule has 218 valence electrons. The van der Waals surface area contributed by atoms with Crippen LogP contribution in [0.4, 0.5) is 5.69 Å². The van der Waals surface area contributed by atoms with Gasteiger partial charge in [0.05, 0.1) is 10.6 Å². The van der Waals surface area contributed by atoms with Crippen molar-refractivity contribution in [1.82, 2.24) is 10.2 Å². The number of carbonyl (C=O) groups is 2. The Morgan fingerprint density at radius 3 is 2.05 bits per heavy atom. The Labute approximate surface area is 256 Å². The van der Waals surface area contributed by atoms with Crippen LogP contribution in [0.15, 0.2) is 119 Å². The second-order valence-corrected chi connectivity index (χ2v) is 12.6. The standard InChI is InChI=1S/C33H34BrN3O4S/c1-3-35-33(39)31(22-26-13-6-4-7-14-26)36(23-27-15-11-10-12-25(27)2)32(38)24-37(29-20-18-28(34)19-21-29)42(40,41)30-16-8-5-9-17-30/h4-21,31H,3,22-24H2,1-2H3,(H,35,39)/t31-/m0/s1. The van der Waals surface area contributed by atoms with Gasteiger partial charge in [0.1, 0.15) is 12.6 Å². The van der Waals surface area contributed by atoms with Gasteiger partial charge in [0, 0.05) is 24.0 Å². The molecule has 4 rings (SSSR count). The van der Waals surface area contributed by atoms with Crippen LogP contribution in [0.3, 0.4) is 0 Å². The molecule has 0 saturated heterocycles. The Morgan fingerprint density at radius 1 is 0.833 bits per heavy atom. The van der Waals surface area contributed by atoms with Crippen molar-refractivity contribution in [1.29, 1.82) is 0 Å². The lowest BCUT2D eigenvalue weighted by molar-refractivity contribution is -0.140. The molecule has 0 radical (unpaired) electrons. The average Bonchev–Trinajstić information content (AvgIpc) is 3.00. The second kappa shape index (κ2) is 14.3. The van der Waals surface area contributed by atoms with Gasteiger partial charge >= 0.3 is 0 Å². The van der Waals surface area contributed by atoms with Crippen LogP contribution in [0.25, 0.3) is 0 Å². The maximum absolute atomic E-state index is 14.4. The molecule has 0 aliphatic heterocycles. The predicted octanol–water partition coefficient (Wildman–Crippen LogP) is 5.73. The first-order valence-corrected chi connectivity index (χ1v) is 15.9. The fraction of sp³-hybridized carbons (Fsp3) is 0.212. The van der Waals surface area contributed by atoms with E-state index in [-0.39, 0.29) is 23.8 Å². The number of nitrogens with zero attached hydrogens (tertiary/aromatic N) is 2. The molecule has 42 heavy (non-hydrogen) atoms. The summed E-state index contributed by atoms with van der Waals surface area (Å²) in [6.07, 6.45) is 0.272. The number of benzene rings is 4. The molecule has 7 nitrogen and oxygen atoms in total. The van der Waals surface area contributed by atoms with Crippen molar-refractivity contribution in [3.63, 3.8) is 0 Å². The molecule has 4 aromatic carbocycles. The first-order valence-electron chi connectivity index (χ1n) is 13.7. The number of halogens is 1. The van der Waals surface area contributed by atoms with E-state index in [9.17, 15) is 18.0 Å². The van der Waals surface area contributed by atoms with Gasteiger partial charge in [-0.2, -0.15) is 0 Å². The number of carbonyl (C=O) groups excluding carboxylic acids is 2. The highest BCUT2D eigenvalue weighted by atomic mass is 79.9. The largest absolute Gasteiger partial charge is 0.355 e. The van der Waals surface area contributed by atoms with Gasteiger partial charge in [-0.3, -0.25) is 13.9 Å². The number of amides is 2. The zero-order valence-electron chi connectivity index (χ0n) is 23.6. The van der Waals surface area contributed by atoms with E-state index in [0.717, 1.165) is 25.5 Å². The molecule has 0 aromatic heterocycles. The van der Waals surface area contributed by atoms with E-state index < -0.39 is 28.5 Å². The first-order chi connectivity index (χ1) is 20.2. The lowest BCUT2D eigenvalue weighted by Gasteiger charge is -2.34. The van der Waals surface area contributed by atoms with Crippen LogP contribution in [-0.2, 0) is 32.6 Å². The smallest absolute Gasteiger partial charge is 0.264 e. The lowest BCUT2D eigenvalue weighted by Crippen LogP contribution is -2.53. The van der Waals surface area contributed by atoms with Gasteiger partial charge in [0.2, 0.25) is 11.8 Å². The molecule has 0 aliphatic rings. The van der Waals surface area contributed by atoms with E-state index in [0.29, 0.717) is 12.2 Å². The molecular weight excluding hydrogens is 614 g/mol. The molecule has 9 heteroatoms. The summed E-state index contributed by atoms with van der Waals surface area (Å²) in [5, 5.41) is 2.88. The summed E-state index contributed by atoms with van der Waals surface area (Å²) in [7, 11) is -4.12. The van der Waals surface area contributed by atoms with Gasteiger partial charge in [0.25, 0.3) is 10.0 Å². The third kappa shape index (κ3) is 7.66. The highest BCUT2D eigenvalue weighted by Crippen LogP contribution is 2.26. The summed E-state index contributed by atoms with van der Waals surface area (Å²) in [5.41, 5.74) is 3.06. The van der Waals surface area contributed by atoms with Crippen molar-refractivity contribution < 1.29 is 18.0 Å². The van der Waals surface area contributed by atoms with E-state index >= 15 is 0 Å². The molecular formula is C33H34BrN3O4S. The Hall–Kier alpha value is -3.95. The van der Waals surface area contributed by atoms with E-state index in [1.54, 1.807) is 42.5 Å². The van der Waals surface area contributed by atoms with Gasteiger partial charge in [-0.15, -0.1) is 0 Å². The summed E-state index contributed by atoms with van der Waals surface area (Å²) in [6, 6.07) is 31.1. The molecule has 0 unspecified atom stereocenters. The molecule has 1 atom stereocenters. The van der Waals surface area contributed by atoms with Gasteiger partial charge in [-0.05, 0) is 66.9 Å². The minimum absolute atomic E-state index is 0.0655. The monoisotopic (exact) mass is 647 g/mol. The molecule has 4 aromatic rings. The number of nitrogens with one attached hydrogen (secondary N) is 1. The molecule has 0 fully saturated rings. The molecule has 0 saturated carbocycles. The van der Waals surface area contributed by atoms with Crippen molar-refractivity contribution in [3.05, 3.63) is 130 Å². The van der Waals surface area contributed by atoms with Crippen LogP contribution >= 0.6 is 15.9 Å². The summed E-state index contributed by atoms with van der Waals surface area (Å²) in [4.78, 5) is 29.5. The van der Waals surface area contributed by atoms with Gasteiger partial charge in [0.15, 0.2) is 0 Å². The average molecular weight is 649 g/mol. The number of hydrogen-bond donors (Lipinski definition) is 1. The summed E-state index contributed by atoms with van der Waals surface area (Å²) in [5.74, 6) is -0.794. The minimum atomic E-state index is -4.12. The Kier molecular flexibility index (Phi) is 10.5. The number of rotatable bonds is 12. The van der Waals surface area contributed by atoms with Crippen LogP contribution in [0.2, 0.25) is 0 Å². The van der Waals surface area contributed by atoms with Gasteiger partial charge in [-0.25, -0.2) is 8.42 Å². The second-order valence-electron chi connectivity index (χ2n) is 9.85. The number of likely N-dealkylation sites (N-methyl/N-ethyl adjacent to an activating group) is 1. The number of anilines is 1. The van der Waals surface area contributed by atoms with E-state index in [1.807, 2.05) is 68.4 Å². The number of aryl methyl sites for hydroxylation is 1. The van der Waals surface area contributed by atoms with E-state index in [1.165, 1.54) is 17.0 Å². The molecule has 1 N–H and O–H groups in total. The normalized spacial score (nSPS) is 11.9. The fourth-order valence-electron chi connectivity index (χ4n) is 4.67. The first kappa shape index (κ1) is 31.0. The van der Waals surface area contributed by atoms with Crippen LogP contribution in [0.1, 0.15) is 23.6 Å². The van der Waals surface area contributed by atoms with E-state index in [4.69, 9.17) is 0 Å². The van der Waals surface area contributed by atoms with Crippen molar-refractivity contribution in [2.24, 2.45) is 0 Å². The summed E-state index contributed by atoms with van der Waals surface area (Å²) in [6.45, 7) is 3.82. The van der Waals surface area contributed by atoms with Crippen LogP contribution in [-0.4, -0.2) is 44.3 Å². The zero-order valence-corrected chi connectivity index (χ0v) is 26.0. The highest BCUT2D eigenvalue weighted by Gasteiger charge is 2.34. The maximum Gasteiger partial charge on any atom is 0.264 e. The predicted molar refractivity (Wildman–Crippen MR) is 169 cm³/mol. The molecule has 2 amide bonds. The van der Waals surface area contributed by atoms with Crippen molar-refractivity contribution in [3.8, 4) is 0 Å². The Morgan fingerprint density at radius 2 is 1.43 bits per heavy atom. The van der Waals surface area contributed by atoms with Gasteiger partial charge in [-0.1, -0.05) is 88.7 Å². The SMILES string of the molecule is CCNC(=O)[C@H](Cc1ccccc1)N(Cc1ccccc1C)C(=O)CN(c1ccc(Br)cc1)S(=O)(=O)c1ccccc1. The summed E-state index contributed by atoms with van der Waals surface area (Å²) < 4.78 is 29.8. The minimum Gasteiger partial charge on any atom is -0.355 e. The number of hydrogen-bond acceptors (Lipinski definition) is 4. The van der Waals surface area contributed by atoms with Crippen LogP contribution < -0.4 is 9.62 Å².